The third kappa shape index (κ3) is 5.62. The molecule has 0 radical (unpaired) electrons. The number of carbonyl (C=O) groups is 1. The van der Waals surface area contributed by atoms with E-state index in [9.17, 15) is 9.18 Å². The summed E-state index contributed by atoms with van der Waals surface area (Å²) in [7, 11) is 0. The molecule has 0 unspecified atom stereocenters. The number of halogens is 1. The molecule has 4 rings (SSSR count). The SMILES string of the molecule is CC1(CNC(=O)CCCN)COC(c2nc(-c3ccc(F)cc3)c(-c3ccncc3)[nH]2)OC1. The smallest absolute Gasteiger partial charge is 0.220 e. The molecule has 1 aromatic carbocycles. The number of ether oxygens (including phenoxy) is 2. The molecule has 0 saturated carbocycles. The van der Waals surface area contributed by atoms with E-state index in [1.54, 1.807) is 24.5 Å². The molecule has 9 heteroatoms. The number of imidazole rings is 1. The first-order chi connectivity index (χ1) is 16.0. The first-order valence-corrected chi connectivity index (χ1v) is 10.9. The summed E-state index contributed by atoms with van der Waals surface area (Å²) in [6.45, 7) is 3.73. The quantitative estimate of drug-likeness (QED) is 0.483. The van der Waals surface area contributed by atoms with Gasteiger partial charge in [0.1, 0.15) is 5.82 Å². The zero-order valence-corrected chi connectivity index (χ0v) is 18.5. The van der Waals surface area contributed by atoms with Crippen molar-refractivity contribution < 1.29 is 18.7 Å². The number of nitrogens with two attached hydrogens (primary N) is 1. The lowest BCUT2D eigenvalue weighted by atomic mass is 9.92. The molecule has 0 spiro atoms. The van der Waals surface area contributed by atoms with Crippen LogP contribution in [0.15, 0.2) is 48.8 Å². The van der Waals surface area contributed by atoms with E-state index in [1.807, 2.05) is 19.1 Å². The number of aromatic nitrogens is 3. The van der Waals surface area contributed by atoms with Crippen molar-refractivity contribution >= 4 is 5.91 Å². The van der Waals surface area contributed by atoms with E-state index in [1.165, 1.54) is 12.1 Å². The highest BCUT2D eigenvalue weighted by Crippen LogP contribution is 2.35. The van der Waals surface area contributed by atoms with Crippen LogP contribution < -0.4 is 11.1 Å². The molecule has 2 aromatic heterocycles. The molecule has 0 bridgehead atoms. The van der Waals surface area contributed by atoms with Crippen LogP contribution >= 0.6 is 0 Å². The fraction of sp³-hybridized carbons (Fsp3) is 0.375. The molecule has 1 amide bonds. The monoisotopic (exact) mass is 453 g/mol. The highest BCUT2D eigenvalue weighted by Gasteiger charge is 2.35. The van der Waals surface area contributed by atoms with E-state index in [0.29, 0.717) is 50.7 Å². The standard InChI is InChI=1S/C24H28FN5O3/c1-24(13-28-19(31)3-2-10-26)14-32-23(33-15-24)22-29-20(16-4-6-18(25)7-5-16)21(30-22)17-8-11-27-12-9-17/h4-9,11-12,23H,2-3,10,13-15,26H2,1H3,(H,28,31)(H,29,30). The van der Waals surface area contributed by atoms with E-state index in [4.69, 9.17) is 20.2 Å². The number of hydrogen-bond donors (Lipinski definition) is 3. The lowest BCUT2D eigenvalue weighted by molar-refractivity contribution is -0.232. The Labute approximate surface area is 191 Å². The van der Waals surface area contributed by atoms with Gasteiger partial charge in [0, 0.05) is 41.9 Å². The van der Waals surface area contributed by atoms with Crippen molar-refractivity contribution in [3.63, 3.8) is 0 Å². The average molecular weight is 454 g/mol. The molecule has 1 saturated heterocycles. The van der Waals surface area contributed by atoms with Gasteiger partial charge in [0.25, 0.3) is 0 Å². The Morgan fingerprint density at radius 2 is 1.88 bits per heavy atom. The number of nitrogens with zero attached hydrogens (tertiary/aromatic N) is 2. The third-order valence-electron chi connectivity index (χ3n) is 5.52. The molecule has 1 fully saturated rings. The minimum absolute atomic E-state index is 0.0271. The molecular weight excluding hydrogens is 425 g/mol. The van der Waals surface area contributed by atoms with E-state index in [0.717, 1.165) is 16.8 Å². The summed E-state index contributed by atoms with van der Waals surface area (Å²) < 4.78 is 25.4. The van der Waals surface area contributed by atoms with Crippen LogP contribution in [-0.4, -0.2) is 47.2 Å². The molecule has 4 N–H and O–H groups in total. The summed E-state index contributed by atoms with van der Waals surface area (Å²) in [6.07, 6.45) is 3.79. The van der Waals surface area contributed by atoms with Gasteiger partial charge in [-0.3, -0.25) is 9.78 Å². The van der Waals surface area contributed by atoms with Crippen molar-refractivity contribution in [2.24, 2.45) is 11.1 Å². The maximum absolute atomic E-state index is 13.5. The van der Waals surface area contributed by atoms with Gasteiger partial charge in [-0.1, -0.05) is 6.92 Å². The van der Waals surface area contributed by atoms with Crippen molar-refractivity contribution in [3.05, 3.63) is 60.4 Å². The van der Waals surface area contributed by atoms with Crippen molar-refractivity contribution in [1.29, 1.82) is 0 Å². The summed E-state index contributed by atoms with van der Waals surface area (Å²) in [5, 5.41) is 2.93. The Hall–Kier alpha value is -3.14. The maximum atomic E-state index is 13.5. The fourth-order valence-electron chi connectivity index (χ4n) is 3.61. The van der Waals surface area contributed by atoms with Gasteiger partial charge in [-0.2, -0.15) is 0 Å². The number of pyridine rings is 1. The van der Waals surface area contributed by atoms with Crippen LogP contribution in [0.5, 0.6) is 0 Å². The van der Waals surface area contributed by atoms with Crippen LogP contribution in [0.2, 0.25) is 0 Å². The highest BCUT2D eigenvalue weighted by molar-refractivity contribution is 5.78. The lowest BCUT2D eigenvalue weighted by Gasteiger charge is -2.36. The molecule has 3 heterocycles. The molecule has 174 valence electrons. The van der Waals surface area contributed by atoms with E-state index >= 15 is 0 Å². The van der Waals surface area contributed by atoms with Gasteiger partial charge in [0.15, 0.2) is 5.82 Å². The van der Waals surface area contributed by atoms with Gasteiger partial charge in [-0.25, -0.2) is 9.37 Å². The molecular formula is C24H28FN5O3. The molecule has 8 nitrogen and oxygen atoms in total. The summed E-state index contributed by atoms with van der Waals surface area (Å²) in [4.78, 5) is 24.0. The van der Waals surface area contributed by atoms with Crippen LogP contribution in [0.25, 0.3) is 22.5 Å². The molecule has 0 aliphatic carbocycles. The maximum Gasteiger partial charge on any atom is 0.220 e. The summed E-state index contributed by atoms with van der Waals surface area (Å²) in [5.74, 6) is 0.184. The number of amides is 1. The molecule has 33 heavy (non-hydrogen) atoms. The van der Waals surface area contributed by atoms with E-state index < -0.39 is 6.29 Å². The minimum Gasteiger partial charge on any atom is -0.355 e. The predicted molar refractivity (Wildman–Crippen MR) is 121 cm³/mol. The fourth-order valence-corrected chi connectivity index (χ4v) is 3.61. The average Bonchev–Trinajstić information content (AvgIpc) is 3.28. The van der Waals surface area contributed by atoms with Gasteiger partial charge in [0.2, 0.25) is 12.2 Å². The van der Waals surface area contributed by atoms with Crippen molar-refractivity contribution in [2.45, 2.75) is 26.1 Å². The number of rotatable bonds is 8. The summed E-state index contributed by atoms with van der Waals surface area (Å²) >= 11 is 0. The second-order valence-corrected chi connectivity index (χ2v) is 8.52. The number of aromatic amines is 1. The van der Waals surface area contributed by atoms with Crippen LogP contribution in [0.4, 0.5) is 4.39 Å². The van der Waals surface area contributed by atoms with E-state index in [2.05, 4.69) is 15.3 Å². The first-order valence-electron chi connectivity index (χ1n) is 10.9. The Morgan fingerprint density at radius 1 is 1.18 bits per heavy atom. The minimum atomic E-state index is -0.680. The second kappa shape index (κ2) is 10.2. The van der Waals surface area contributed by atoms with Crippen molar-refractivity contribution in [1.82, 2.24) is 20.3 Å². The molecule has 1 aliphatic heterocycles. The number of nitrogens with one attached hydrogen (secondary N) is 2. The van der Waals surface area contributed by atoms with E-state index in [-0.39, 0.29) is 17.1 Å². The molecule has 1 aliphatic rings. The number of carbonyl (C=O) groups excluding carboxylic acids is 1. The van der Waals surface area contributed by atoms with Crippen molar-refractivity contribution in [3.8, 4) is 22.5 Å². The summed E-state index contributed by atoms with van der Waals surface area (Å²) in [5.41, 5.74) is 8.21. The van der Waals surface area contributed by atoms with Crippen LogP contribution in [0.1, 0.15) is 31.9 Å². The molecule has 3 aromatic rings. The predicted octanol–water partition coefficient (Wildman–Crippen LogP) is 3.18. The largest absolute Gasteiger partial charge is 0.355 e. The Balaban J connectivity index is 1.50. The van der Waals surface area contributed by atoms with Crippen LogP contribution in [0, 0.1) is 11.2 Å². The van der Waals surface area contributed by atoms with Gasteiger partial charge in [-0.15, -0.1) is 0 Å². The summed E-state index contributed by atoms with van der Waals surface area (Å²) in [6, 6.07) is 9.93. The van der Waals surface area contributed by atoms with Crippen molar-refractivity contribution in [2.75, 3.05) is 26.3 Å². The van der Waals surface area contributed by atoms with Crippen LogP contribution in [-0.2, 0) is 14.3 Å². The second-order valence-electron chi connectivity index (χ2n) is 8.52. The Kier molecular flexibility index (Phi) is 7.12. The lowest BCUT2D eigenvalue weighted by Crippen LogP contribution is -2.45. The third-order valence-corrected chi connectivity index (χ3v) is 5.52. The zero-order valence-electron chi connectivity index (χ0n) is 18.5. The van der Waals surface area contributed by atoms with Gasteiger partial charge in [0.05, 0.1) is 24.6 Å². The van der Waals surface area contributed by atoms with Crippen LogP contribution in [0.3, 0.4) is 0 Å². The highest BCUT2D eigenvalue weighted by atomic mass is 19.1. The molecule has 0 atom stereocenters. The Morgan fingerprint density at radius 3 is 2.55 bits per heavy atom. The zero-order chi connectivity index (χ0) is 23.3. The van der Waals surface area contributed by atoms with Gasteiger partial charge in [-0.05, 0) is 49.4 Å². The number of benzene rings is 1. The number of hydrogen-bond acceptors (Lipinski definition) is 6. The Bertz CT molecular complexity index is 1060. The van der Waals surface area contributed by atoms with Gasteiger partial charge >= 0.3 is 0 Å². The normalized spacial score (nSPS) is 20.5. The topological polar surface area (TPSA) is 115 Å². The first kappa shape index (κ1) is 23.0. The van der Waals surface area contributed by atoms with Gasteiger partial charge < -0.3 is 25.5 Å². The number of H-pyrrole nitrogens is 1.